The van der Waals surface area contributed by atoms with Gasteiger partial charge in [0.25, 0.3) is 0 Å². The van der Waals surface area contributed by atoms with Gasteiger partial charge in [0.05, 0.1) is 31.0 Å². The van der Waals surface area contributed by atoms with Gasteiger partial charge in [0, 0.05) is 82.1 Å². The van der Waals surface area contributed by atoms with Gasteiger partial charge in [-0.2, -0.15) is 0 Å². The molecule has 0 saturated heterocycles. The number of alkyl carbamates (subject to hydrolysis) is 1. The van der Waals surface area contributed by atoms with Crippen molar-refractivity contribution in [1.29, 1.82) is 0 Å². The third-order valence-corrected chi connectivity index (χ3v) is 13.4. The van der Waals surface area contributed by atoms with Crippen molar-refractivity contribution in [3.8, 4) is 11.1 Å². The predicted octanol–water partition coefficient (Wildman–Crippen LogP) is 7.69. The summed E-state index contributed by atoms with van der Waals surface area (Å²) >= 11 is 0. The number of Topliss-reactive ketones (excluding diaryl/α,β-unsaturated/α-hetero) is 4. The van der Waals surface area contributed by atoms with Crippen molar-refractivity contribution in [2.24, 2.45) is 22.7 Å². The molecule has 0 aliphatic heterocycles. The van der Waals surface area contributed by atoms with E-state index in [-0.39, 0.29) is 168 Å². The smallest absolute Gasteiger partial charge is 0.407 e. The fourth-order valence-electron chi connectivity index (χ4n) is 10.1. The van der Waals surface area contributed by atoms with Crippen molar-refractivity contribution in [1.82, 2.24) is 26.2 Å². The monoisotopic (exact) mass is 1070 g/mol. The first-order valence-electron chi connectivity index (χ1n) is 27.3. The van der Waals surface area contributed by atoms with Gasteiger partial charge in [0.15, 0.2) is 23.1 Å². The Bertz CT molecular complexity index is 2370. The van der Waals surface area contributed by atoms with Gasteiger partial charge in [-0.05, 0) is 85.0 Å². The molecule has 4 N–H and O–H groups in total. The minimum Gasteiger partial charge on any atom is -0.458 e. The first-order valence-corrected chi connectivity index (χ1v) is 27.3. The topological polar surface area (TPSA) is 225 Å². The van der Waals surface area contributed by atoms with Gasteiger partial charge < -0.3 is 45.1 Å². The molecule has 0 spiro atoms. The maximum absolute atomic E-state index is 13.8. The quantitative estimate of drug-likeness (QED) is 0.0292. The van der Waals surface area contributed by atoms with E-state index < -0.39 is 34.5 Å². The number of nitrogens with zero attached hydrogens (tertiary/aromatic N) is 1. The minimum absolute atomic E-state index is 0.0415. The molecule has 0 heterocycles. The summed E-state index contributed by atoms with van der Waals surface area (Å²) in [7, 11) is 0. The van der Waals surface area contributed by atoms with Gasteiger partial charge >= 0.3 is 12.1 Å². The van der Waals surface area contributed by atoms with Crippen LogP contribution in [0.15, 0.2) is 71.1 Å². The number of ether oxygens (including phenoxy) is 4. The van der Waals surface area contributed by atoms with Crippen LogP contribution < -0.4 is 21.3 Å². The Morgan fingerprint density at radius 2 is 1.12 bits per heavy atom. The number of fused-ring (bicyclic) bond motifs is 3. The van der Waals surface area contributed by atoms with E-state index in [0.29, 0.717) is 24.2 Å². The molecule has 422 valence electrons. The van der Waals surface area contributed by atoms with Crippen LogP contribution in [0.25, 0.3) is 11.1 Å². The number of esters is 1. The molecule has 2 fully saturated rings. The number of carbonyl (C=O) groups excluding carboxylic acids is 8. The van der Waals surface area contributed by atoms with Crippen molar-refractivity contribution in [3.63, 3.8) is 0 Å². The van der Waals surface area contributed by atoms with E-state index in [1.807, 2.05) is 104 Å². The number of hydrogen-bond acceptors (Lipinski definition) is 14. The minimum atomic E-state index is -1.15. The fourth-order valence-corrected chi connectivity index (χ4v) is 10.1. The normalized spacial score (nSPS) is 16.4. The molecule has 3 amide bonds. The zero-order valence-corrected chi connectivity index (χ0v) is 47.5. The van der Waals surface area contributed by atoms with Crippen LogP contribution in [0.4, 0.5) is 4.79 Å². The Labute approximate surface area is 455 Å². The largest absolute Gasteiger partial charge is 0.458 e. The molecular weight excluding hydrogens is 983 g/mol. The van der Waals surface area contributed by atoms with Crippen LogP contribution in [-0.2, 0) is 52.5 Å². The van der Waals surface area contributed by atoms with E-state index in [1.54, 1.807) is 25.7 Å². The molecule has 0 radical (unpaired) electrons. The molecule has 17 heteroatoms. The fraction of sp³-hybridized carbons (Fsp3) is 0.600. The number of benzene rings is 2. The van der Waals surface area contributed by atoms with Gasteiger partial charge in [-0.3, -0.25) is 28.8 Å². The second kappa shape index (κ2) is 27.9. The maximum Gasteiger partial charge on any atom is 0.407 e. The van der Waals surface area contributed by atoms with Gasteiger partial charge in [0.2, 0.25) is 11.8 Å². The van der Waals surface area contributed by atoms with Crippen LogP contribution in [0.3, 0.4) is 0 Å². The van der Waals surface area contributed by atoms with E-state index in [1.165, 1.54) is 0 Å². The number of allylic oxidation sites excluding steroid dienone is 4. The standard InChI is InChI=1S/C60H85N5O12/c1-38(2)30-46(54-48(66)32-59(8,9)33-49(54)67)61-22-25-65(26-23-62-47(31-39(3)4)55-50(68)34-60(10,11)35-51(55)69)53(71)37-75-29-28-74-27-24-63-52(70)21-20-45(56(72)77-58(5,6)7)64-57(73)76-36-44-42-18-14-12-16-40(42)41-17-13-15-19-43(41)44/h12-19,38-39,44-45,61-62H,20-37H2,1-11H3,(H,63,70)(H,64,73). The van der Waals surface area contributed by atoms with Crippen molar-refractivity contribution in [3.05, 3.63) is 82.2 Å². The zero-order chi connectivity index (χ0) is 56.7. The van der Waals surface area contributed by atoms with Crippen LogP contribution in [0.2, 0.25) is 0 Å². The predicted molar refractivity (Wildman–Crippen MR) is 293 cm³/mol. The molecule has 77 heavy (non-hydrogen) atoms. The summed E-state index contributed by atoms with van der Waals surface area (Å²) in [5, 5.41) is 12.1. The van der Waals surface area contributed by atoms with E-state index in [0.717, 1.165) is 22.3 Å². The third kappa shape index (κ3) is 19.0. The maximum atomic E-state index is 13.8. The zero-order valence-electron chi connectivity index (χ0n) is 47.5. The average molecular weight is 1070 g/mol. The van der Waals surface area contributed by atoms with E-state index in [2.05, 4.69) is 21.3 Å². The molecule has 5 rings (SSSR count). The third-order valence-electron chi connectivity index (χ3n) is 13.4. The molecule has 2 saturated carbocycles. The lowest BCUT2D eigenvalue weighted by atomic mass is 9.73. The van der Waals surface area contributed by atoms with Crippen molar-refractivity contribution >= 4 is 47.0 Å². The Balaban J connectivity index is 1.10. The lowest BCUT2D eigenvalue weighted by Gasteiger charge is -2.31. The number of amides is 3. The Morgan fingerprint density at radius 1 is 0.649 bits per heavy atom. The van der Waals surface area contributed by atoms with Crippen molar-refractivity contribution < 1.29 is 57.3 Å². The van der Waals surface area contributed by atoms with Crippen LogP contribution in [-0.4, -0.2) is 129 Å². The molecule has 3 aliphatic carbocycles. The van der Waals surface area contributed by atoms with E-state index in [4.69, 9.17) is 18.9 Å². The molecule has 0 aromatic heterocycles. The van der Waals surface area contributed by atoms with E-state index >= 15 is 0 Å². The summed E-state index contributed by atoms with van der Waals surface area (Å²) in [6.07, 6.45) is 1.10. The number of nitrogens with one attached hydrogen (secondary N) is 4. The van der Waals surface area contributed by atoms with Gasteiger partial charge in [-0.25, -0.2) is 9.59 Å². The average Bonchev–Trinajstić information content (AvgIpc) is 3.64. The number of rotatable bonds is 27. The first-order chi connectivity index (χ1) is 36.2. The van der Waals surface area contributed by atoms with Crippen LogP contribution >= 0.6 is 0 Å². The Morgan fingerprint density at radius 3 is 1.58 bits per heavy atom. The first kappa shape index (κ1) is 61.7. The molecule has 1 atom stereocenters. The molecule has 3 aliphatic rings. The second-order valence-corrected chi connectivity index (χ2v) is 24.0. The molecule has 0 bridgehead atoms. The SMILES string of the molecule is CC(C)CC(NCCN(CCNC(CC(C)C)=C1C(=O)CC(C)(C)CC1=O)C(=O)COCCOCCNC(=O)CCC(NC(=O)OCC1c2ccccc2-c2ccccc21)C(=O)OC(C)(C)C)=C1C(=O)CC(C)(C)CC1=O. The number of ketones is 4. The molecule has 2 aromatic carbocycles. The summed E-state index contributed by atoms with van der Waals surface area (Å²) in [5.41, 5.74) is 4.17. The lowest BCUT2D eigenvalue weighted by Crippen LogP contribution is -2.45. The number of hydrogen-bond donors (Lipinski definition) is 4. The summed E-state index contributed by atoms with van der Waals surface area (Å²) in [5.74, 6) is -2.00. The Kier molecular flexibility index (Phi) is 22.3. The summed E-state index contributed by atoms with van der Waals surface area (Å²) in [6.45, 7) is 22.0. The van der Waals surface area contributed by atoms with Crippen LogP contribution in [0.1, 0.15) is 145 Å². The van der Waals surface area contributed by atoms with Crippen molar-refractivity contribution in [2.45, 2.75) is 145 Å². The highest BCUT2D eigenvalue weighted by atomic mass is 16.6. The van der Waals surface area contributed by atoms with Gasteiger partial charge in [-0.15, -0.1) is 0 Å². The van der Waals surface area contributed by atoms with Gasteiger partial charge in [-0.1, -0.05) is 104 Å². The van der Waals surface area contributed by atoms with Crippen LogP contribution in [0.5, 0.6) is 0 Å². The van der Waals surface area contributed by atoms with Gasteiger partial charge in [0.1, 0.15) is 24.9 Å². The highest BCUT2D eigenvalue weighted by molar-refractivity contribution is 6.23. The van der Waals surface area contributed by atoms with Crippen molar-refractivity contribution in [2.75, 3.05) is 65.8 Å². The van der Waals surface area contributed by atoms with E-state index in [9.17, 15) is 38.4 Å². The second-order valence-electron chi connectivity index (χ2n) is 24.0. The summed E-state index contributed by atoms with van der Waals surface area (Å²) < 4.78 is 22.7. The molecule has 1 unspecified atom stereocenters. The highest BCUT2D eigenvalue weighted by Gasteiger charge is 2.39. The molecule has 17 nitrogen and oxygen atoms in total. The number of carbonyl (C=O) groups is 8. The summed E-state index contributed by atoms with van der Waals surface area (Å²) in [4.78, 5) is 108. The highest BCUT2D eigenvalue weighted by Crippen LogP contribution is 2.44. The summed E-state index contributed by atoms with van der Waals surface area (Å²) in [6, 6.07) is 14.8. The molecule has 2 aromatic rings. The lowest BCUT2D eigenvalue weighted by molar-refractivity contribution is -0.157. The van der Waals surface area contributed by atoms with Crippen LogP contribution in [0, 0.1) is 22.7 Å². The molecular formula is C60H85N5O12. The Hall–Kier alpha value is -6.20.